The summed E-state index contributed by atoms with van der Waals surface area (Å²) >= 11 is 0. The minimum Gasteiger partial charge on any atom is -0.496 e. The molecular formula is C15H21NO4. The molecule has 5 heteroatoms. The van der Waals surface area contributed by atoms with E-state index in [1.165, 1.54) is 14.2 Å². The zero-order valence-corrected chi connectivity index (χ0v) is 12.1. The highest BCUT2D eigenvalue weighted by Crippen LogP contribution is 2.30. The molecule has 1 fully saturated rings. The van der Waals surface area contributed by atoms with E-state index in [0.717, 1.165) is 19.4 Å². The van der Waals surface area contributed by atoms with Gasteiger partial charge in [-0.25, -0.2) is 4.79 Å². The topological polar surface area (TPSA) is 56.8 Å². The second-order valence-corrected chi connectivity index (χ2v) is 4.95. The molecule has 0 bridgehead atoms. The number of piperidine rings is 1. The Bertz CT molecular complexity index is 467. The van der Waals surface area contributed by atoms with Crippen LogP contribution in [0.5, 0.6) is 11.5 Å². The molecule has 2 rings (SSSR count). The lowest BCUT2D eigenvalue weighted by molar-refractivity contribution is 0.0586. The van der Waals surface area contributed by atoms with E-state index in [4.69, 9.17) is 14.2 Å². The Morgan fingerprint density at radius 3 is 2.60 bits per heavy atom. The number of rotatable bonds is 4. The summed E-state index contributed by atoms with van der Waals surface area (Å²) in [6.45, 7) is 2.93. The van der Waals surface area contributed by atoms with Crippen molar-refractivity contribution in [1.29, 1.82) is 0 Å². The van der Waals surface area contributed by atoms with Crippen LogP contribution in [0.2, 0.25) is 0 Å². The van der Waals surface area contributed by atoms with Crippen molar-refractivity contribution >= 4 is 5.97 Å². The van der Waals surface area contributed by atoms with Crippen LogP contribution in [0.15, 0.2) is 18.2 Å². The molecule has 0 aliphatic carbocycles. The summed E-state index contributed by atoms with van der Waals surface area (Å²) in [4.78, 5) is 11.9. The second kappa shape index (κ2) is 6.61. The molecule has 0 unspecified atom stereocenters. The third-order valence-corrected chi connectivity index (χ3v) is 3.51. The molecule has 5 nitrogen and oxygen atoms in total. The van der Waals surface area contributed by atoms with Crippen LogP contribution in [-0.4, -0.2) is 38.9 Å². The molecule has 0 saturated carbocycles. The maximum atomic E-state index is 11.9. The van der Waals surface area contributed by atoms with Crippen LogP contribution in [0.3, 0.4) is 0 Å². The molecule has 1 aliphatic heterocycles. The molecule has 0 spiro atoms. The van der Waals surface area contributed by atoms with Gasteiger partial charge < -0.3 is 19.5 Å². The van der Waals surface area contributed by atoms with E-state index in [0.29, 0.717) is 23.1 Å². The molecule has 1 heterocycles. The SMILES string of the molecule is COC(=O)c1c(OC)cccc1O[C@@H]1CC[C@@H](C)NC1. The number of methoxy groups -OCH3 is 2. The Labute approximate surface area is 119 Å². The number of esters is 1. The molecule has 2 atom stereocenters. The third kappa shape index (κ3) is 3.22. The van der Waals surface area contributed by atoms with Crippen LogP contribution in [0.25, 0.3) is 0 Å². The zero-order valence-electron chi connectivity index (χ0n) is 12.1. The number of hydrogen-bond donors (Lipinski definition) is 1. The third-order valence-electron chi connectivity index (χ3n) is 3.51. The van der Waals surface area contributed by atoms with Crippen molar-refractivity contribution < 1.29 is 19.0 Å². The van der Waals surface area contributed by atoms with Crippen molar-refractivity contribution in [3.63, 3.8) is 0 Å². The molecular weight excluding hydrogens is 258 g/mol. The summed E-state index contributed by atoms with van der Waals surface area (Å²) in [6, 6.07) is 5.81. The minimum absolute atomic E-state index is 0.0571. The molecule has 110 valence electrons. The number of hydrogen-bond acceptors (Lipinski definition) is 5. The van der Waals surface area contributed by atoms with Gasteiger partial charge in [-0.3, -0.25) is 0 Å². The fourth-order valence-electron chi connectivity index (χ4n) is 2.34. The van der Waals surface area contributed by atoms with E-state index in [9.17, 15) is 4.79 Å². The van der Waals surface area contributed by atoms with Gasteiger partial charge in [-0.15, -0.1) is 0 Å². The van der Waals surface area contributed by atoms with Crippen molar-refractivity contribution in [3.05, 3.63) is 23.8 Å². The first-order valence-electron chi connectivity index (χ1n) is 6.81. The number of carbonyl (C=O) groups is 1. The highest BCUT2D eigenvalue weighted by Gasteiger charge is 2.24. The molecule has 0 amide bonds. The van der Waals surface area contributed by atoms with Crippen LogP contribution in [0, 0.1) is 0 Å². The van der Waals surface area contributed by atoms with Crippen LogP contribution in [-0.2, 0) is 4.74 Å². The van der Waals surface area contributed by atoms with Crippen molar-refractivity contribution in [1.82, 2.24) is 5.32 Å². The van der Waals surface area contributed by atoms with Crippen molar-refractivity contribution in [2.24, 2.45) is 0 Å². The van der Waals surface area contributed by atoms with Crippen LogP contribution >= 0.6 is 0 Å². The van der Waals surface area contributed by atoms with Crippen LogP contribution < -0.4 is 14.8 Å². The van der Waals surface area contributed by atoms with Crippen molar-refractivity contribution in [2.75, 3.05) is 20.8 Å². The van der Waals surface area contributed by atoms with Crippen molar-refractivity contribution in [2.45, 2.75) is 31.9 Å². The molecule has 1 saturated heterocycles. The molecule has 1 N–H and O–H groups in total. The first-order valence-corrected chi connectivity index (χ1v) is 6.81. The highest BCUT2D eigenvalue weighted by molar-refractivity contribution is 5.95. The fourth-order valence-corrected chi connectivity index (χ4v) is 2.34. The summed E-state index contributed by atoms with van der Waals surface area (Å²) in [5.74, 6) is 0.527. The summed E-state index contributed by atoms with van der Waals surface area (Å²) in [5.41, 5.74) is 0.344. The average Bonchev–Trinajstić information content (AvgIpc) is 2.48. The average molecular weight is 279 g/mol. The van der Waals surface area contributed by atoms with E-state index >= 15 is 0 Å². The lowest BCUT2D eigenvalue weighted by atomic mass is 10.0. The summed E-state index contributed by atoms with van der Waals surface area (Å²) < 4.78 is 16.0. The normalized spacial score (nSPS) is 22.1. The first-order chi connectivity index (χ1) is 9.65. The van der Waals surface area contributed by atoms with Gasteiger partial charge in [-0.2, -0.15) is 0 Å². The first kappa shape index (κ1) is 14.7. The Balaban J connectivity index is 2.20. The predicted octanol–water partition coefficient (Wildman–Crippen LogP) is 2.00. The van der Waals surface area contributed by atoms with E-state index in [1.807, 2.05) is 0 Å². The minimum atomic E-state index is -0.449. The van der Waals surface area contributed by atoms with Gasteiger partial charge in [-0.05, 0) is 31.9 Å². The zero-order chi connectivity index (χ0) is 14.5. The van der Waals surface area contributed by atoms with Gasteiger partial charge in [0.2, 0.25) is 0 Å². The van der Waals surface area contributed by atoms with E-state index in [1.54, 1.807) is 18.2 Å². The Morgan fingerprint density at radius 2 is 2.00 bits per heavy atom. The lowest BCUT2D eigenvalue weighted by Gasteiger charge is -2.28. The molecule has 0 aromatic heterocycles. The summed E-state index contributed by atoms with van der Waals surface area (Å²) in [7, 11) is 2.87. The number of nitrogens with one attached hydrogen (secondary N) is 1. The Morgan fingerprint density at radius 1 is 1.25 bits per heavy atom. The van der Waals surface area contributed by atoms with Gasteiger partial charge in [0, 0.05) is 12.6 Å². The van der Waals surface area contributed by atoms with Gasteiger partial charge in [0.1, 0.15) is 23.2 Å². The van der Waals surface area contributed by atoms with Crippen LogP contribution in [0.4, 0.5) is 0 Å². The van der Waals surface area contributed by atoms with Gasteiger partial charge in [-0.1, -0.05) is 6.07 Å². The Kier molecular flexibility index (Phi) is 4.84. The van der Waals surface area contributed by atoms with Crippen molar-refractivity contribution in [3.8, 4) is 11.5 Å². The summed E-state index contributed by atoms with van der Waals surface area (Å²) in [5, 5.41) is 3.37. The van der Waals surface area contributed by atoms with Crippen LogP contribution in [0.1, 0.15) is 30.1 Å². The summed E-state index contributed by atoms with van der Waals surface area (Å²) in [6.07, 6.45) is 2.08. The largest absolute Gasteiger partial charge is 0.496 e. The number of carbonyl (C=O) groups excluding carboxylic acids is 1. The molecule has 1 aliphatic rings. The smallest absolute Gasteiger partial charge is 0.345 e. The second-order valence-electron chi connectivity index (χ2n) is 4.95. The molecule has 1 aromatic rings. The van der Waals surface area contributed by atoms with Gasteiger partial charge >= 0.3 is 5.97 Å². The highest BCUT2D eigenvalue weighted by atomic mass is 16.5. The fraction of sp³-hybridized carbons (Fsp3) is 0.533. The van der Waals surface area contributed by atoms with Gasteiger partial charge in [0.05, 0.1) is 14.2 Å². The Hall–Kier alpha value is -1.75. The van der Waals surface area contributed by atoms with E-state index in [-0.39, 0.29) is 6.10 Å². The lowest BCUT2D eigenvalue weighted by Crippen LogP contribution is -2.42. The number of ether oxygens (including phenoxy) is 3. The molecule has 0 radical (unpaired) electrons. The van der Waals surface area contributed by atoms with E-state index in [2.05, 4.69) is 12.2 Å². The molecule has 1 aromatic carbocycles. The standard InChI is InChI=1S/C15H21NO4/c1-10-7-8-11(9-16-10)20-13-6-4-5-12(18-2)14(13)15(17)19-3/h4-6,10-11,16H,7-9H2,1-3H3/t10-,11-/m1/s1. The van der Waals surface area contributed by atoms with Gasteiger partial charge in [0.15, 0.2) is 0 Å². The van der Waals surface area contributed by atoms with E-state index < -0.39 is 5.97 Å². The van der Waals surface area contributed by atoms with Gasteiger partial charge in [0.25, 0.3) is 0 Å². The molecule has 20 heavy (non-hydrogen) atoms. The quantitative estimate of drug-likeness (QED) is 0.854. The number of benzene rings is 1. The maximum absolute atomic E-state index is 11.9. The predicted molar refractivity (Wildman–Crippen MR) is 75.4 cm³/mol. The maximum Gasteiger partial charge on any atom is 0.345 e. The monoisotopic (exact) mass is 279 g/mol.